The first-order valence-corrected chi connectivity index (χ1v) is 7.11. The molecule has 0 spiro atoms. The summed E-state index contributed by atoms with van der Waals surface area (Å²) in [5.41, 5.74) is 0.853. The van der Waals surface area contributed by atoms with Crippen LogP contribution in [0.5, 0.6) is 0 Å². The molecular weight excluding hydrogens is 256 g/mol. The van der Waals surface area contributed by atoms with Gasteiger partial charge < -0.3 is 15.0 Å². The lowest BCUT2D eigenvalue weighted by atomic mass is 10.2. The van der Waals surface area contributed by atoms with Crippen molar-refractivity contribution in [2.45, 2.75) is 38.8 Å². The van der Waals surface area contributed by atoms with Crippen LogP contribution >= 0.6 is 0 Å². The van der Waals surface area contributed by atoms with Crippen molar-refractivity contribution in [3.63, 3.8) is 0 Å². The lowest BCUT2D eigenvalue weighted by Gasteiger charge is -2.32. The van der Waals surface area contributed by atoms with Gasteiger partial charge in [-0.1, -0.05) is 0 Å². The molecule has 6 nitrogen and oxygen atoms in total. The average Bonchev–Trinajstić information content (AvgIpc) is 3.22. The first-order chi connectivity index (χ1) is 9.61. The molecule has 3 rings (SSSR count). The zero-order valence-corrected chi connectivity index (χ0v) is 11.9. The summed E-state index contributed by atoms with van der Waals surface area (Å²) in [5, 5.41) is 3.38. The highest BCUT2D eigenvalue weighted by molar-refractivity contribution is 5.73. The van der Waals surface area contributed by atoms with E-state index in [1.54, 1.807) is 11.8 Å². The van der Waals surface area contributed by atoms with Crippen LogP contribution < -0.4 is 5.32 Å². The first-order valence-electron chi connectivity index (χ1n) is 7.11. The molecule has 1 aliphatic carbocycles. The van der Waals surface area contributed by atoms with Crippen LogP contribution in [0.4, 0.5) is 5.82 Å². The predicted molar refractivity (Wildman–Crippen MR) is 74.4 cm³/mol. The maximum Gasteiger partial charge on any atom is 0.219 e. The molecule has 1 N–H and O–H groups in total. The average molecular weight is 276 g/mol. The van der Waals surface area contributed by atoms with E-state index in [0.717, 1.165) is 17.3 Å². The molecule has 1 saturated heterocycles. The number of hydrogen-bond donors (Lipinski definition) is 1. The van der Waals surface area contributed by atoms with Gasteiger partial charge in [-0.05, 0) is 19.8 Å². The topological polar surface area (TPSA) is 67.3 Å². The highest BCUT2D eigenvalue weighted by Crippen LogP contribution is 2.26. The monoisotopic (exact) mass is 276 g/mol. The Bertz CT molecular complexity index is 516. The molecule has 1 amide bonds. The Morgan fingerprint density at radius 3 is 2.95 bits per heavy atom. The molecule has 0 aromatic carbocycles. The Balaban J connectivity index is 1.77. The number of morpholine rings is 1. The second kappa shape index (κ2) is 5.36. The van der Waals surface area contributed by atoms with Crippen LogP contribution in [0.1, 0.15) is 37.4 Å². The molecule has 1 aliphatic heterocycles. The summed E-state index contributed by atoms with van der Waals surface area (Å²) in [4.78, 5) is 22.2. The van der Waals surface area contributed by atoms with Gasteiger partial charge in [-0.3, -0.25) is 4.79 Å². The third-order valence-electron chi connectivity index (χ3n) is 3.63. The zero-order chi connectivity index (χ0) is 14.1. The van der Waals surface area contributed by atoms with Crippen molar-refractivity contribution in [3.05, 3.63) is 17.6 Å². The van der Waals surface area contributed by atoms with E-state index in [1.165, 1.54) is 12.8 Å². The van der Waals surface area contributed by atoms with E-state index in [0.29, 0.717) is 25.7 Å². The number of rotatable bonds is 3. The molecule has 108 valence electrons. The normalized spacial score (nSPS) is 22.7. The largest absolute Gasteiger partial charge is 0.368 e. The van der Waals surface area contributed by atoms with Crippen LogP contribution in [0.2, 0.25) is 0 Å². The van der Waals surface area contributed by atoms with Crippen LogP contribution in [0.15, 0.2) is 6.07 Å². The van der Waals surface area contributed by atoms with Crippen molar-refractivity contribution in [2.75, 3.05) is 25.0 Å². The molecule has 1 aromatic heterocycles. The van der Waals surface area contributed by atoms with Gasteiger partial charge in [0, 0.05) is 25.6 Å². The van der Waals surface area contributed by atoms with Crippen LogP contribution in [0, 0.1) is 6.92 Å². The molecule has 1 atom stereocenters. The number of hydrogen-bond acceptors (Lipinski definition) is 5. The summed E-state index contributed by atoms with van der Waals surface area (Å²) in [7, 11) is 0. The van der Waals surface area contributed by atoms with E-state index >= 15 is 0 Å². The standard InChI is InChI=1S/C14H20N4O2/c1-9-15-12(7-14(16-9)17-11-3-4-11)13-8-18(10(2)19)5-6-20-13/h7,11,13H,3-6,8H2,1-2H3,(H,15,16,17). The van der Waals surface area contributed by atoms with Crippen LogP contribution in [-0.2, 0) is 9.53 Å². The number of carbonyl (C=O) groups is 1. The van der Waals surface area contributed by atoms with Gasteiger partial charge in [0.25, 0.3) is 0 Å². The molecule has 6 heteroatoms. The summed E-state index contributed by atoms with van der Waals surface area (Å²) in [6.07, 6.45) is 2.25. The maximum absolute atomic E-state index is 11.5. The first kappa shape index (κ1) is 13.3. The SMILES string of the molecule is CC(=O)N1CCOC(c2cc(NC3CC3)nc(C)n2)C1. The van der Waals surface area contributed by atoms with Crippen LogP contribution in [-0.4, -0.2) is 46.5 Å². The second-order valence-corrected chi connectivity index (χ2v) is 5.47. The summed E-state index contributed by atoms with van der Waals surface area (Å²) < 4.78 is 5.76. The molecule has 0 bridgehead atoms. The van der Waals surface area contributed by atoms with E-state index in [2.05, 4.69) is 15.3 Å². The number of ether oxygens (including phenoxy) is 1. The van der Waals surface area contributed by atoms with Crippen molar-refractivity contribution in [1.29, 1.82) is 0 Å². The van der Waals surface area contributed by atoms with Gasteiger partial charge in [-0.25, -0.2) is 9.97 Å². The summed E-state index contributed by atoms with van der Waals surface area (Å²) in [6.45, 7) is 5.25. The van der Waals surface area contributed by atoms with Crippen LogP contribution in [0.25, 0.3) is 0 Å². The molecule has 2 heterocycles. The van der Waals surface area contributed by atoms with E-state index < -0.39 is 0 Å². The summed E-state index contributed by atoms with van der Waals surface area (Å²) in [5.74, 6) is 1.67. The number of nitrogens with zero attached hydrogens (tertiary/aromatic N) is 3. The highest BCUT2D eigenvalue weighted by Gasteiger charge is 2.26. The fourth-order valence-corrected chi connectivity index (χ4v) is 2.38. The van der Waals surface area contributed by atoms with E-state index in [-0.39, 0.29) is 12.0 Å². The Hall–Kier alpha value is -1.69. The Morgan fingerprint density at radius 1 is 1.45 bits per heavy atom. The van der Waals surface area contributed by atoms with Crippen molar-refractivity contribution >= 4 is 11.7 Å². The fraction of sp³-hybridized carbons (Fsp3) is 0.643. The van der Waals surface area contributed by atoms with Crippen molar-refractivity contribution < 1.29 is 9.53 Å². The van der Waals surface area contributed by atoms with Crippen molar-refractivity contribution in [2.24, 2.45) is 0 Å². The molecule has 1 saturated carbocycles. The number of anilines is 1. The number of nitrogens with one attached hydrogen (secondary N) is 1. The molecule has 0 radical (unpaired) electrons. The number of aromatic nitrogens is 2. The third-order valence-corrected chi connectivity index (χ3v) is 3.63. The van der Waals surface area contributed by atoms with Crippen LogP contribution in [0.3, 0.4) is 0 Å². The number of carbonyl (C=O) groups excluding carboxylic acids is 1. The van der Waals surface area contributed by atoms with Gasteiger partial charge in [0.15, 0.2) is 0 Å². The van der Waals surface area contributed by atoms with Gasteiger partial charge in [0.05, 0.1) is 18.8 Å². The Morgan fingerprint density at radius 2 is 2.25 bits per heavy atom. The smallest absolute Gasteiger partial charge is 0.219 e. The quantitative estimate of drug-likeness (QED) is 0.900. The van der Waals surface area contributed by atoms with E-state index in [1.807, 2.05) is 13.0 Å². The molecule has 2 fully saturated rings. The maximum atomic E-state index is 11.5. The summed E-state index contributed by atoms with van der Waals surface area (Å²) in [6, 6.07) is 2.50. The van der Waals surface area contributed by atoms with Gasteiger partial charge in [-0.2, -0.15) is 0 Å². The van der Waals surface area contributed by atoms with E-state index in [4.69, 9.17) is 4.74 Å². The van der Waals surface area contributed by atoms with E-state index in [9.17, 15) is 4.79 Å². The molecular formula is C14H20N4O2. The third kappa shape index (κ3) is 3.07. The summed E-state index contributed by atoms with van der Waals surface area (Å²) >= 11 is 0. The predicted octanol–water partition coefficient (Wildman–Crippen LogP) is 1.28. The minimum absolute atomic E-state index is 0.0837. The van der Waals surface area contributed by atoms with Gasteiger partial charge in [0.1, 0.15) is 17.7 Å². The number of amides is 1. The lowest BCUT2D eigenvalue weighted by molar-refractivity contribution is -0.136. The Kier molecular flexibility index (Phi) is 3.56. The van der Waals surface area contributed by atoms with Gasteiger partial charge >= 0.3 is 0 Å². The molecule has 2 aliphatic rings. The fourth-order valence-electron chi connectivity index (χ4n) is 2.38. The van der Waals surface area contributed by atoms with Gasteiger partial charge in [0.2, 0.25) is 5.91 Å². The second-order valence-electron chi connectivity index (χ2n) is 5.47. The minimum atomic E-state index is -0.158. The van der Waals surface area contributed by atoms with Crippen molar-refractivity contribution in [3.8, 4) is 0 Å². The Labute approximate surface area is 118 Å². The highest BCUT2D eigenvalue weighted by atomic mass is 16.5. The van der Waals surface area contributed by atoms with Gasteiger partial charge in [-0.15, -0.1) is 0 Å². The molecule has 1 aromatic rings. The molecule has 1 unspecified atom stereocenters. The minimum Gasteiger partial charge on any atom is -0.368 e. The molecule has 20 heavy (non-hydrogen) atoms. The lowest BCUT2D eigenvalue weighted by Crippen LogP contribution is -2.41. The number of aryl methyl sites for hydroxylation is 1. The zero-order valence-electron chi connectivity index (χ0n) is 11.9. The van der Waals surface area contributed by atoms with Crippen molar-refractivity contribution in [1.82, 2.24) is 14.9 Å².